The van der Waals surface area contributed by atoms with Crippen molar-refractivity contribution >= 4 is 36.5 Å². The molecule has 2 aromatic rings. The smallest absolute Gasteiger partial charge is 0.226 e. The van der Waals surface area contributed by atoms with E-state index in [2.05, 4.69) is 41.0 Å². The molecule has 1 aliphatic heterocycles. The molecule has 0 amide bonds. The fourth-order valence-electron chi connectivity index (χ4n) is 2.83. The molecule has 1 fully saturated rings. The number of nitriles is 1. The second kappa shape index (κ2) is 7.92. The highest BCUT2D eigenvalue weighted by Gasteiger charge is 2.21. The van der Waals surface area contributed by atoms with E-state index in [1.165, 1.54) is 0 Å². The highest BCUT2D eigenvalue weighted by atomic mass is 35.5. The zero-order chi connectivity index (χ0) is 18.7. The fraction of sp³-hybridized carbons (Fsp3) is 0.588. The Labute approximate surface area is 159 Å². The molecule has 1 aliphatic rings. The van der Waals surface area contributed by atoms with Crippen LogP contribution in [0.5, 0.6) is 0 Å². The van der Waals surface area contributed by atoms with E-state index >= 15 is 0 Å². The number of rotatable bonds is 7. The van der Waals surface area contributed by atoms with Gasteiger partial charge in [-0.05, 0) is 24.1 Å². The summed E-state index contributed by atoms with van der Waals surface area (Å²) in [6.45, 7) is 9.30. The Balaban J connectivity index is 1.85. The maximum atomic E-state index is 9.54. The van der Waals surface area contributed by atoms with Crippen LogP contribution in [0.3, 0.4) is 0 Å². The molecule has 0 bridgehead atoms. The number of halogens is 1. The van der Waals surface area contributed by atoms with E-state index in [4.69, 9.17) is 21.1 Å². The van der Waals surface area contributed by atoms with Gasteiger partial charge in [-0.15, -0.1) is 0 Å². The zero-order valence-electron chi connectivity index (χ0n) is 15.4. The summed E-state index contributed by atoms with van der Waals surface area (Å²) in [5.41, 5.74) is 1.11. The summed E-state index contributed by atoms with van der Waals surface area (Å²) in [5, 5.41) is 13.7. The van der Waals surface area contributed by atoms with Crippen LogP contribution in [-0.4, -0.2) is 48.5 Å². The molecule has 140 valence electrons. The van der Waals surface area contributed by atoms with E-state index in [0.29, 0.717) is 42.4 Å². The minimum absolute atomic E-state index is 0.143. The van der Waals surface area contributed by atoms with Crippen molar-refractivity contribution in [1.82, 2.24) is 14.5 Å². The van der Waals surface area contributed by atoms with Gasteiger partial charge in [-0.1, -0.05) is 19.6 Å². The molecule has 0 spiro atoms. The summed E-state index contributed by atoms with van der Waals surface area (Å²) in [5.74, 6) is 0.577. The van der Waals surface area contributed by atoms with Crippen molar-refractivity contribution in [2.75, 3.05) is 25.1 Å². The highest BCUT2D eigenvalue weighted by Crippen LogP contribution is 2.29. The Hall–Kier alpha value is -1.66. The van der Waals surface area contributed by atoms with Gasteiger partial charge in [0.2, 0.25) is 5.28 Å². The van der Waals surface area contributed by atoms with Crippen LogP contribution < -0.4 is 5.32 Å². The van der Waals surface area contributed by atoms with Gasteiger partial charge in [0.1, 0.15) is 24.3 Å². The van der Waals surface area contributed by atoms with Gasteiger partial charge in [0.05, 0.1) is 23.6 Å². The summed E-state index contributed by atoms with van der Waals surface area (Å²) >= 11 is 6.13. The molecule has 26 heavy (non-hydrogen) atoms. The normalized spacial score (nSPS) is 17.6. The van der Waals surface area contributed by atoms with Crippen molar-refractivity contribution in [3.8, 4) is 6.07 Å². The molecule has 0 radical (unpaired) electrons. The summed E-state index contributed by atoms with van der Waals surface area (Å²) in [6, 6.07) is 3.47. The lowest BCUT2D eigenvalue weighted by atomic mass is 10.2. The molecule has 1 N–H and O–H groups in total. The first-order valence-electron chi connectivity index (χ1n) is 8.76. The minimum atomic E-state index is -1.14. The molecule has 0 aromatic carbocycles. The predicted molar refractivity (Wildman–Crippen MR) is 104 cm³/mol. The lowest BCUT2D eigenvalue weighted by Gasteiger charge is -2.16. The summed E-state index contributed by atoms with van der Waals surface area (Å²) < 4.78 is 13.0. The van der Waals surface area contributed by atoms with E-state index in [0.717, 1.165) is 19.1 Å². The Kier molecular flexibility index (Phi) is 5.82. The third-order valence-corrected chi connectivity index (χ3v) is 6.18. The van der Waals surface area contributed by atoms with Crippen LogP contribution in [0.15, 0.2) is 6.20 Å². The second-order valence-corrected chi connectivity index (χ2v) is 13.7. The number of ether oxygens (including phenoxy) is 2. The number of hydrogen-bond acceptors (Lipinski definition) is 6. The Bertz CT molecular complexity index is 821. The Morgan fingerprint density at radius 1 is 1.46 bits per heavy atom. The standard InChI is InChI=1S/C17H24ClN5O2Si/c1-26(2,3)7-6-25-11-23-9-12(8-19)14-15(20-13-4-5-24-10-13)21-17(18)22-16(14)23/h9,13H,4-7,10-11H2,1-3H3,(H,20,21,22)/t13-/m1/s1. The predicted octanol–water partition coefficient (Wildman–Crippen LogP) is 3.47. The van der Waals surface area contributed by atoms with E-state index in [-0.39, 0.29) is 11.3 Å². The average Bonchev–Trinajstić information content (AvgIpc) is 3.18. The SMILES string of the molecule is C[Si](C)(C)CCOCn1cc(C#N)c2c(N[C@@H]3CCOC3)nc(Cl)nc21. The first-order chi connectivity index (χ1) is 12.4. The van der Waals surface area contributed by atoms with Gasteiger partial charge in [-0.3, -0.25) is 0 Å². The minimum Gasteiger partial charge on any atom is -0.379 e. The van der Waals surface area contributed by atoms with E-state index in [9.17, 15) is 5.26 Å². The van der Waals surface area contributed by atoms with E-state index in [1.54, 1.807) is 6.20 Å². The van der Waals surface area contributed by atoms with Crippen molar-refractivity contribution in [3.63, 3.8) is 0 Å². The number of hydrogen-bond donors (Lipinski definition) is 1. The van der Waals surface area contributed by atoms with Crippen LogP contribution in [-0.2, 0) is 16.2 Å². The molecular formula is C17H24ClN5O2Si. The van der Waals surface area contributed by atoms with Crippen LogP contribution in [0.1, 0.15) is 12.0 Å². The number of nitrogens with zero attached hydrogens (tertiary/aromatic N) is 4. The summed E-state index contributed by atoms with van der Waals surface area (Å²) in [6.07, 6.45) is 2.64. The summed E-state index contributed by atoms with van der Waals surface area (Å²) in [7, 11) is -1.14. The number of aromatic nitrogens is 3. The molecule has 3 heterocycles. The molecule has 2 aromatic heterocycles. The first-order valence-corrected chi connectivity index (χ1v) is 12.8. The first kappa shape index (κ1) is 19.1. The van der Waals surface area contributed by atoms with Gasteiger partial charge in [0.25, 0.3) is 0 Å². The Morgan fingerprint density at radius 3 is 2.92 bits per heavy atom. The van der Waals surface area contributed by atoms with Crippen LogP contribution in [0, 0.1) is 11.3 Å². The van der Waals surface area contributed by atoms with Crippen LogP contribution in [0.25, 0.3) is 11.0 Å². The number of fused-ring (bicyclic) bond motifs is 1. The fourth-order valence-corrected chi connectivity index (χ4v) is 3.75. The monoisotopic (exact) mass is 393 g/mol. The summed E-state index contributed by atoms with van der Waals surface area (Å²) in [4.78, 5) is 8.63. The topological polar surface area (TPSA) is 85.0 Å². The molecule has 7 nitrogen and oxygen atoms in total. The molecule has 0 saturated carbocycles. The molecule has 1 saturated heterocycles. The molecule has 1 atom stereocenters. The maximum absolute atomic E-state index is 9.54. The third kappa shape index (κ3) is 4.54. The molecule has 3 rings (SSSR count). The van der Waals surface area contributed by atoms with Crippen LogP contribution in [0.4, 0.5) is 5.82 Å². The van der Waals surface area contributed by atoms with E-state index in [1.807, 2.05) is 4.57 Å². The van der Waals surface area contributed by atoms with Gasteiger partial charge in [0, 0.05) is 27.5 Å². The number of anilines is 1. The second-order valence-electron chi connectivity index (χ2n) is 7.72. The van der Waals surface area contributed by atoms with Gasteiger partial charge < -0.3 is 19.4 Å². The Morgan fingerprint density at radius 2 is 2.27 bits per heavy atom. The lowest BCUT2D eigenvalue weighted by Crippen LogP contribution is -2.22. The average molecular weight is 394 g/mol. The van der Waals surface area contributed by atoms with Crippen LogP contribution >= 0.6 is 11.6 Å². The largest absolute Gasteiger partial charge is 0.379 e. The van der Waals surface area contributed by atoms with Gasteiger partial charge in [-0.25, -0.2) is 0 Å². The quantitative estimate of drug-likeness (QED) is 0.440. The van der Waals surface area contributed by atoms with Crippen molar-refractivity contribution in [2.45, 2.75) is 44.9 Å². The van der Waals surface area contributed by atoms with Crippen molar-refractivity contribution in [3.05, 3.63) is 17.0 Å². The molecule has 0 unspecified atom stereocenters. The van der Waals surface area contributed by atoms with Crippen molar-refractivity contribution in [1.29, 1.82) is 5.26 Å². The lowest BCUT2D eigenvalue weighted by molar-refractivity contribution is 0.0898. The van der Waals surface area contributed by atoms with E-state index < -0.39 is 8.07 Å². The third-order valence-electron chi connectivity index (χ3n) is 4.31. The van der Waals surface area contributed by atoms with Crippen molar-refractivity contribution in [2.24, 2.45) is 0 Å². The van der Waals surface area contributed by atoms with Crippen molar-refractivity contribution < 1.29 is 9.47 Å². The number of nitrogens with one attached hydrogen (secondary N) is 1. The van der Waals surface area contributed by atoms with Gasteiger partial charge in [0.15, 0.2) is 0 Å². The molecule has 0 aliphatic carbocycles. The van der Waals surface area contributed by atoms with Gasteiger partial charge >= 0.3 is 0 Å². The zero-order valence-corrected chi connectivity index (χ0v) is 17.1. The molecule has 9 heteroatoms. The molecular weight excluding hydrogens is 370 g/mol. The maximum Gasteiger partial charge on any atom is 0.226 e. The van der Waals surface area contributed by atoms with Crippen LogP contribution in [0.2, 0.25) is 31.0 Å². The van der Waals surface area contributed by atoms with Gasteiger partial charge in [-0.2, -0.15) is 15.2 Å². The highest BCUT2D eigenvalue weighted by molar-refractivity contribution is 6.76.